The van der Waals surface area contributed by atoms with Crippen LogP contribution in [0, 0.1) is 6.92 Å². The molecule has 2 heterocycles. The number of hydrogen-bond acceptors (Lipinski definition) is 5. The zero-order valence-electron chi connectivity index (χ0n) is 20.7. The fourth-order valence-electron chi connectivity index (χ4n) is 4.66. The van der Waals surface area contributed by atoms with Crippen LogP contribution in [0.4, 0.5) is 0 Å². The quantitative estimate of drug-likeness (QED) is 0.306. The molecule has 1 unspecified atom stereocenters. The Balaban J connectivity index is 1.67. The van der Waals surface area contributed by atoms with Gasteiger partial charge >= 0.3 is 0 Å². The van der Waals surface area contributed by atoms with Gasteiger partial charge in [-0.3, -0.25) is 9.59 Å². The number of benzene rings is 3. The first-order chi connectivity index (χ1) is 17.5. The Kier molecular flexibility index (Phi) is 6.51. The highest BCUT2D eigenvalue weighted by atomic mass is 16.5. The molecule has 1 amide bonds. The number of nitrogens with zero attached hydrogens (tertiary/aromatic N) is 1. The van der Waals surface area contributed by atoms with Crippen molar-refractivity contribution in [3.05, 3.63) is 105 Å². The minimum absolute atomic E-state index is 0.0973. The molecule has 0 aliphatic carbocycles. The maximum absolute atomic E-state index is 13.7. The summed E-state index contributed by atoms with van der Waals surface area (Å²) in [6, 6.07) is 20.1. The molecule has 0 saturated carbocycles. The summed E-state index contributed by atoms with van der Waals surface area (Å²) < 4.78 is 17.8. The largest absolute Gasteiger partial charge is 0.490 e. The fourth-order valence-corrected chi connectivity index (χ4v) is 4.66. The van der Waals surface area contributed by atoms with Gasteiger partial charge in [0.2, 0.25) is 5.76 Å². The predicted octanol–water partition coefficient (Wildman–Crippen LogP) is 6.03. The predicted molar refractivity (Wildman–Crippen MR) is 139 cm³/mol. The van der Waals surface area contributed by atoms with Gasteiger partial charge < -0.3 is 18.8 Å². The van der Waals surface area contributed by atoms with Crippen LogP contribution in [0.25, 0.3) is 11.0 Å². The molecule has 184 valence electrons. The second kappa shape index (κ2) is 9.90. The molecule has 0 radical (unpaired) electrons. The van der Waals surface area contributed by atoms with Crippen LogP contribution in [0.3, 0.4) is 0 Å². The molecule has 0 spiro atoms. The topological polar surface area (TPSA) is 69.0 Å². The van der Waals surface area contributed by atoms with Gasteiger partial charge in [-0.2, -0.15) is 0 Å². The number of rotatable bonds is 8. The SMILES string of the molecule is CCCOc1ccc(C2c3c(oc4ccccc4c3=O)C(=O)N2Cc2ccc(C)cc2)cc1OCC. The monoisotopic (exact) mass is 483 g/mol. The minimum Gasteiger partial charge on any atom is -0.490 e. The van der Waals surface area contributed by atoms with Crippen LogP contribution in [0.5, 0.6) is 11.5 Å². The van der Waals surface area contributed by atoms with Gasteiger partial charge in [0.1, 0.15) is 5.58 Å². The van der Waals surface area contributed by atoms with Crippen LogP contribution >= 0.6 is 0 Å². The van der Waals surface area contributed by atoms with E-state index in [0.717, 1.165) is 23.1 Å². The smallest absolute Gasteiger partial charge is 0.291 e. The van der Waals surface area contributed by atoms with Crippen molar-refractivity contribution in [2.24, 2.45) is 0 Å². The van der Waals surface area contributed by atoms with E-state index in [-0.39, 0.29) is 17.1 Å². The Labute approximate surface area is 210 Å². The maximum Gasteiger partial charge on any atom is 0.291 e. The van der Waals surface area contributed by atoms with E-state index < -0.39 is 6.04 Å². The lowest BCUT2D eigenvalue weighted by Crippen LogP contribution is -2.29. The highest BCUT2D eigenvalue weighted by molar-refractivity contribution is 5.99. The van der Waals surface area contributed by atoms with E-state index in [9.17, 15) is 9.59 Å². The van der Waals surface area contributed by atoms with Gasteiger partial charge in [0.25, 0.3) is 5.91 Å². The minimum atomic E-state index is -0.617. The first-order valence-electron chi connectivity index (χ1n) is 12.3. The third-order valence-electron chi connectivity index (χ3n) is 6.39. The zero-order valence-corrected chi connectivity index (χ0v) is 20.7. The summed E-state index contributed by atoms with van der Waals surface area (Å²) >= 11 is 0. The molecule has 6 nitrogen and oxygen atoms in total. The van der Waals surface area contributed by atoms with Crippen LogP contribution in [0.15, 0.2) is 75.9 Å². The summed E-state index contributed by atoms with van der Waals surface area (Å²) in [6.07, 6.45) is 0.871. The second-order valence-corrected chi connectivity index (χ2v) is 8.98. The maximum atomic E-state index is 13.7. The summed E-state index contributed by atoms with van der Waals surface area (Å²) in [5.41, 5.74) is 3.44. The van der Waals surface area contributed by atoms with Crippen molar-refractivity contribution in [2.45, 2.75) is 39.8 Å². The number of amides is 1. The summed E-state index contributed by atoms with van der Waals surface area (Å²) in [5.74, 6) is 1.02. The highest BCUT2D eigenvalue weighted by Gasteiger charge is 2.43. The van der Waals surface area contributed by atoms with Gasteiger partial charge in [-0.25, -0.2) is 0 Å². The molecule has 0 N–H and O–H groups in total. The normalized spacial score (nSPS) is 14.8. The van der Waals surface area contributed by atoms with Gasteiger partial charge in [0, 0.05) is 6.54 Å². The molecule has 0 saturated heterocycles. The highest BCUT2D eigenvalue weighted by Crippen LogP contribution is 2.41. The Morgan fingerprint density at radius 1 is 0.917 bits per heavy atom. The first kappa shape index (κ1) is 23.7. The van der Waals surface area contributed by atoms with E-state index in [1.807, 2.05) is 63.2 Å². The van der Waals surface area contributed by atoms with Crippen molar-refractivity contribution < 1.29 is 18.7 Å². The first-order valence-corrected chi connectivity index (χ1v) is 12.3. The van der Waals surface area contributed by atoms with Crippen molar-refractivity contribution >= 4 is 16.9 Å². The van der Waals surface area contributed by atoms with E-state index in [2.05, 4.69) is 0 Å². The number of aryl methyl sites for hydroxylation is 1. The van der Waals surface area contributed by atoms with Crippen LogP contribution < -0.4 is 14.9 Å². The van der Waals surface area contributed by atoms with Gasteiger partial charge in [0.15, 0.2) is 16.9 Å². The zero-order chi connectivity index (χ0) is 25.2. The third kappa shape index (κ3) is 4.24. The number of carbonyl (C=O) groups excluding carboxylic acids is 1. The second-order valence-electron chi connectivity index (χ2n) is 8.98. The average Bonchev–Trinajstić information content (AvgIpc) is 3.16. The van der Waals surface area contributed by atoms with Crippen molar-refractivity contribution in [3.63, 3.8) is 0 Å². The number of hydrogen-bond donors (Lipinski definition) is 0. The summed E-state index contributed by atoms with van der Waals surface area (Å²) in [7, 11) is 0. The fraction of sp³-hybridized carbons (Fsp3) is 0.267. The van der Waals surface area contributed by atoms with Crippen LogP contribution in [-0.4, -0.2) is 24.0 Å². The third-order valence-corrected chi connectivity index (χ3v) is 6.39. The molecule has 4 aromatic rings. The molecular weight excluding hydrogens is 454 g/mol. The number of carbonyl (C=O) groups is 1. The molecule has 5 rings (SSSR count). The standard InChI is InChI=1S/C30H29NO5/c1-4-16-35-24-15-14-21(17-25(24)34-5-2)27-26-28(32)22-8-6-7-9-23(22)36-29(26)30(33)31(27)18-20-12-10-19(3)11-13-20/h6-15,17,27H,4-5,16,18H2,1-3H3. The van der Waals surface area contributed by atoms with Crippen molar-refractivity contribution in [1.82, 2.24) is 4.90 Å². The molecule has 1 atom stereocenters. The van der Waals surface area contributed by atoms with Crippen molar-refractivity contribution in [3.8, 4) is 11.5 Å². The van der Waals surface area contributed by atoms with Crippen molar-refractivity contribution in [1.29, 1.82) is 0 Å². The summed E-state index contributed by atoms with van der Waals surface area (Å²) in [5, 5.41) is 0.458. The van der Waals surface area contributed by atoms with Crippen LogP contribution in [0.2, 0.25) is 0 Å². The molecule has 3 aromatic carbocycles. The molecule has 1 aliphatic heterocycles. The molecule has 6 heteroatoms. The molecule has 0 bridgehead atoms. The Hall–Kier alpha value is -4.06. The molecule has 1 aromatic heterocycles. The molecule has 1 aliphatic rings. The Bertz CT molecular complexity index is 1470. The van der Waals surface area contributed by atoms with Crippen LogP contribution in [-0.2, 0) is 6.54 Å². The van der Waals surface area contributed by atoms with E-state index in [4.69, 9.17) is 13.9 Å². The number of ether oxygens (including phenoxy) is 2. The van der Waals surface area contributed by atoms with Gasteiger partial charge in [-0.05, 0) is 55.7 Å². The van der Waals surface area contributed by atoms with E-state index in [0.29, 0.717) is 47.8 Å². The lowest BCUT2D eigenvalue weighted by molar-refractivity contribution is 0.0714. The lowest BCUT2D eigenvalue weighted by Gasteiger charge is -2.26. The van der Waals surface area contributed by atoms with E-state index in [1.165, 1.54) is 0 Å². The summed E-state index contributed by atoms with van der Waals surface area (Å²) in [4.78, 5) is 29.1. The van der Waals surface area contributed by atoms with E-state index in [1.54, 1.807) is 29.2 Å². The number of fused-ring (bicyclic) bond motifs is 2. The van der Waals surface area contributed by atoms with Gasteiger partial charge in [-0.15, -0.1) is 0 Å². The van der Waals surface area contributed by atoms with Gasteiger partial charge in [0.05, 0.1) is 30.2 Å². The number of para-hydroxylation sites is 1. The molecular formula is C30H29NO5. The Morgan fingerprint density at radius 3 is 2.44 bits per heavy atom. The van der Waals surface area contributed by atoms with Crippen molar-refractivity contribution in [2.75, 3.05) is 13.2 Å². The molecule has 36 heavy (non-hydrogen) atoms. The van der Waals surface area contributed by atoms with E-state index >= 15 is 0 Å². The lowest BCUT2D eigenvalue weighted by atomic mass is 9.97. The average molecular weight is 484 g/mol. The van der Waals surface area contributed by atoms with Gasteiger partial charge in [-0.1, -0.05) is 55.0 Å². The van der Waals surface area contributed by atoms with Crippen LogP contribution in [0.1, 0.15) is 59.1 Å². The summed E-state index contributed by atoms with van der Waals surface area (Å²) in [6.45, 7) is 7.35. The molecule has 0 fully saturated rings. The Morgan fingerprint density at radius 2 is 1.69 bits per heavy atom.